The Hall–Kier alpha value is -2.38. The average Bonchev–Trinajstić information content (AvgIpc) is 2.98. The van der Waals surface area contributed by atoms with Gasteiger partial charge in [0.1, 0.15) is 4.32 Å². The van der Waals surface area contributed by atoms with Crippen LogP contribution in [0.4, 0.5) is 0 Å². The van der Waals surface area contributed by atoms with Crippen molar-refractivity contribution in [3.8, 4) is 5.69 Å². The van der Waals surface area contributed by atoms with E-state index >= 15 is 0 Å². The van der Waals surface area contributed by atoms with E-state index in [-0.39, 0.29) is 11.5 Å². The van der Waals surface area contributed by atoms with Crippen LogP contribution in [0.2, 0.25) is 0 Å². The first kappa shape index (κ1) is 17.4. The molecular weight excluding hydrogens is 354 g/mol. The maximum absolute atomic E-state index is 12.9. The number of nitrogens with zero attached hydrogens (tertiary/aromatic N) is 3. The van der Waals surface area contributed by atoms with Gasteiger partial charge in [-0.25, -0.2) is 4.68 Å². The first-order chi connectivity index (χ1) is 12.0. The van der Waals surface area contributed by atoms with Gasteiger partial charge < -0.3 is 0 Å². The second-order valence-corrected chi connectivity index (χ2v) is 7.23. The predicted molar refractivity (Wildman–Crippen MR) is 106 cm³/mol. The number of benzene rings is 1. The van der Waals surface area contributed by atoms with Gasteiger partial charge in [0.25, 0.3) is 11.5 Å². The molecule has 0 unspecified atom stereocenters. The van der Waals surface area contributed by atoms with E-state index in [1.807, 2.05) is 44.3 Å². The number of thioether (sulfide) groups is 1. The fourth-order valence-electron chi connectivity index (χ4n) is 2.67. The third-order valence-corrected chi connectivity index (χ3v) is 5.44. The lowest BCUT2D eigenvalue weighted by Gasteiger charge is -2.10. The highest BCUT2D eigenvalue weighted by molar-refractivity contribution is 8.26. The first-order valence-electron chi connectivity index (χ1n) is 7.66. The van der Waals surface area contributed by atoms with Crippen molar-refractivity contribution in [1.29, 1.82) is 0 Å². The number of hydrogen-bond donors (Lipinski definition) is 0. The summed E-state index contributed by atoms with van der Waals surface area (Å²) in [6, 6.07) is 9.40. The highest BCUT2D eigenvalue weighted by atomic mass is 32.2. The lowest BCUT2D eigenvalue weighted by Crippen LogP contribution is -2.27. The molecule has 0 atom stereocenters. The van der Waals surface area contributed by atoms with Crippen LogP contribution in [0.15, 0.2) is 52.7 Å². The largest absolute Gasteiger partial charge is 0.289 e. The highest BCUT2D eigenvalue weighted by Gasteiger charge is 2.31. The zero-order chi connectivity index (χ0) is 18.1. The third-order valence-electron chi connectivity index (χ3n) is 4.06. The summed E-state index contributed by atoms with van der Waals surface area (Å²) >= 11 is 6.45. The van der Waals surface area contributed by atoms with Gasteiger partial charge in [-0.15, -0.1) is 6.58 Å². The molecule has 1 aliphatic heterocycles. The van der Waals surface area contributed by atoms with Gasteiger partial charge in [-0.1, -0.05) is 48.3 Å². The molecule has 128 valence electrons. The number of aromatic nitrogens is 2. The van der Waals surface area contributed by atoms with E-state index in [0.717, 1.165) is 11.4 Å². The highest BCUT2D eigenvalue weighted by Crippen LogP contribution is 2.32. The first-order valence-corrected chi connectivity index (χ1v) is 8.88. The Bertz CT molecular complexity index is 955. The van der Waals surface area contributed by atoms with Crippen LogP contribution in [-0.2, 0) is 11.8 Å². The zero-order valence-corrected chi connectivity index (χ0v) is 15.6. The Kier molecular flexibility index (Phi) is 4.78. The molecule has 0 radical (unpaired) electrons. The van der Waals surface area contributed by atoms with Crippen LogP contribution in [0.1, 0.15) is 11.3 Å². The molecule has 5 nitrogen and oxygen atoms in total. The van der Waals surface area contributed by atoms with Crippen LogP contribution in [0, 0.1) is 6.92 Å². The number of carbonyl (C=O) groups excluding carboxylic acids is 1. The Morgan fingerprint density at radius 3 is 2.56 bits per heavy atom. The summed E-state index contributed by atoms with van der Waals surface area (Å²) in [5.74, 6) is -0.191. The van der Waals surface area contributed by atoms with Gasteiger partial charge in [0.15, 0.2) is 0 Å². The van der Waals surface area contributed by atoms with Crippen LogP contribution in [-0.4, -0.2) is 31.0 Å². The molecule has 0 spiro atoms. The van der Waals surface area contributed by atoms with Crippen LogP contribution in [0.5, 0.6) is 0 Å². The van der Waals surface area contributed by atoms with Gasteiger partial charge in [-0.2, -0.15) is 0 Å². The summed E-state index contributed by atoms with van der Waals surface area (Å²) in [4.78, 5) is 27.3. The number of rotatable bonds is 4. The van der Waals surface area contributed by atoms with Crippen molar-refractivity contribution < 1.29 is 4.79 Å². The lowest BCUT2D eigenvalue weighted by atomic mass is 10.2. The SMILES string of the molecule is C=CCN1C(=O)C(=Cc2c(C)n(C)n(-c3ccccc3)c2=O)SC1=S. The summed E-state index contributed by atoms with van der Waals surface area (Å²) in [5, 5.41) is 0. The number of carbonyl (C=O) groups is 1. The van der Waals surface area contributed by atoms with Gasteiger partial charge >= 0.3 is 0 Å². The zero-order valence-electron chi connectivity index (χ0n) is 13.9. The maximum atomic E-state index is 12.9. The smallest absolute Gasteiger partial charge is 0.278 e. The van der Waals surface area contributed by atoms with Crippen molar-refractivity contribution in [1.82, 2.24) is 14.3 Å². The van der Waals surface area contributed by atoms with Crippen LogP contribution >= 0.6 is 24.0 Å². The van der Waals surface area contributed by atoms with Crippen LogP contribution in [0.3, 0.4) is 0 Å². The lowest BCUT2D eigenvalue weighted by molar-refractivity contribution is -0.121. The molecule has 1 saturated heterocycles. The Morgan fingerprint density at radius 2 is 1.92 bits per heavy atom. The molecular formula is C18H17N3O2S2. The molecule has 2 aromatic rings. The predicted octanol–water partition coefficient (Wildman–Crippen LogP) is 2.87. The molecule has 1 amide bonds. The van der Waals surface area contributed by atoms with E-state index in [1.165, 1.54) is 16.7 Å². The molecule has 2 heterocycles. The molecule has 1 aromatic carbocycles. The number of thiocarbonyl (C=S) groups is 1. The maximum Gasteiger partial charge on any atom is 0.278 e. The van der Waals surface area contributed by atoms with E-state index in [9.17, 15) is 9.59 Å². The summed E-state index contributed by atoms with van der Waals surface area (Å²) in [6.07, 6.45) is 3.27. The number of hydrogen-bond acceptors (Lipinski definition) is 4. The fraction of sp³-hybridized carbons (Fsp3) is 0.167. The molecule has 0 aliphatic carbocycles. The van der Waals surface area contributed by atoms with Gasteiger partial charge in [0, 0.05) is 19.3 Å². The van der Waals surface area contributed by atoms with Gasteiger partial charge in [0.05, 0.1) is 16.2 Å². The second kappa shape index (κ2) is 6.85. The number of amides is 1. The van der Waals surface area contributed by atoms with Crippen molar-refractivity contribution in [2.45, 2.75) is 6.92 Å². The molecule has 25 heavy (non-hydrogen) atoms. The monoisotopic (exact) mass is 371 g/mol. The molecule has 1 fully saturated rings. The van der Waals surface area contributed by atoms with Gasteiger partial charge in [-0.3, -0.25) is 19.2 Å². The minimum Gasteiger partial charge on any atom is -0.289 e. The van der Waals surface area contributed by atoms with Crippen molar-refractivity contribution in [3.05, 3.63) is 69.5 Å². The van der Waals surface area contributed by atoms with E-state index in [0.29, 0.717) is 21.3 Å². The minimum absolute atomic E-state index is 0.166. The van der Waals surface area contributed by atoms with Crippen LogP contribution < -0.4 is 5.56 Å². The fourth-order valence-corrected chi connectivity index (χ4v) is 3.93. The normalized spacial score (nSPS) is 16.1. The molecule has 0 N–H and O–H groups in total. The van der Waals surface area contributed by atoms with Crippen LogP contribution in [0.25, 0.3) is 11.8 Å². The molecule has 0 bridgehead atoms. The van der Waals surface area contributed by atoms with E-state index in [4.69, 9.17) is 12.2 Å². The summed E-state index contributed by atoms with van der Waals surface area (Å²) < 4.78 is 3.85. The third kappa shape index (κ3) is 3.01. The van der Waals surface area contributed by atoms with E-state index in [2.05, 4.69) is 6.58 Å². The van der Waals surface area contributed by atoms with Gasteiger partial charge in [-0.05, 0) is 25.1 Å². The van der Waals surface area contributed by atoms with Crippen molar-refractivity contribution in [2.24, 2.45) is 7.05 Å². The Labute approximate surface area is 155 Å². The minimum atomic E-state index is -0.191. The Balaban J connectivity index is 2.08. The van der Waals surface area contributed by atoms with E-state index < -0.39 is 0 Å². The summed E-state index contributed by atoms with van der Waals surface area (Å²) in [5.41, 5.74) is 1.88. The molecule has 1 aromatic heterocycles. The Morgan fingerprint density at radius 1 is 1.24 bits per heavy atom. The standard InChI is InChI=1S/C18H17N3O2S2/c1-4-10-20-17(23)15(25-18(20)24)11-14-12(2)19(3)21(16(14)22)13-8-6-5-7-9-13/h4-9,11H,1,10H2,2-3H3. The molecule has 0 saturated carbocycles. The average molecular weight is 371 g/mol. The van der Waals surface area contributed by atoms with Gasteiger partial charge in [0.2, 0.25) is 0 Å². The van der Waals surface area contributed by atoms with Crippen molar-refractivity contribution in [3.63, 3.8) is 0 Å². The van der Waals surface area contributed by atoms with E-state index in [1.54, 1.807) is 21.5 Å². The molecule has 3 rings (SSSR count). The summed E-state index contributed by atoms with van der Waals surface area (Å²) in [6.45, 7) is 5.86. The topological polar surface area (TPSA) is 47.2 Å². The van der Waals surface area contributed by atoms with Crippen molar-refractivity contribution in [2.75, 3.05) is 6.54 Å². The second-order valence-electron chi connectivity index (χ2n) is 5.56. The summed E-state index contributed by atoms with van der Waals surface area (Å²) in [7, 11) is 1.82. The number of para-hydroxylation sites is 1. The molecule has 1 aliphatic rings. The quantitative estimate of drug-likeness (QED) is 0.471. The van der Waals surface area contributed by atoms with Crippen molar-refractivity contribution >= 4 is 40.3 Å². The molecule has 7 heteroatoms.